The summed E-state index contributed by atoms with van der Waals surface area (Å²) in [7, 11) is 0. The molecule has 0 nitrogen and oxygen atoms in total. The van der Waals surface area contributed by atoms with E-state index in [1.807, 2.05) is 0 Å². The second kappa shape index (κ2) is 4.00. The molecule has 0 N–H and O–H groups in total. The molecule has 0 saturated heterocycles. The molecule has 3 rings (SSSR count). The van der Waals surface area contributed by atoms with E-state index >= 15 is 0 Å². The molecule has 0 spiro atoms. The normalized spacial score (nSPS) is 21.7. The van der Waals surface area contributed by atoms with Gasteiger partial charge in [-0.15, -0.1) is 0 Å². The highest BCUT2D eigenvalue weighted by Gasteiger charge is 2.35. The Bertz CT molecular complexity index is 306. The van der Waals surface area contributed by atoms with Gasteiger partial charge in [-0.05, 0) is 36.7 Å². The van der Waals surface area contributed by atoms with Crippen molar-refractivity contribution in [3.8, 4) is 0 Å². The number of hydrogen-bond acceptors (Lipinski definition) is 0. The molecule has 79 valence electrons. The molecule has 0 amide bonds. The lowest BCUT2D eigenvalue weighted by Gasteiger charge is -2.29. The fraction of sp³-hybridized carbons (Fsp3) is 0.533. The molecule has 15 heavy (non-hydrogen) atoms. The van der Waals surface area contributed by atoms with Crippen LogP contribution in [-0.4, -0.2) is 0 Å². The molecule has 0 heteroatoms. The molecule has 2 saturated carbocycles. The van der Waals surface area contributed by atoms with E-state index in [0.29, 0.717) is 0 Å². The first-order valence-corrected chi connectivity index (χ1v) is 6.34. The molecule has 2 aliphatic carbocycles. The van der Waals surface area contributed by atoms with Gasteiger partial charge in [-0.25, -0.2) is 0 Å². The van der Waals surface area contributed by atoms with Crippen LogP contribution in [0.3, 0.4) is 0 Å². The van der Waals surface area contributed by atoms with Crippen LogP contribution in [-0.2, 0) is 0 Å². The zero-order chi connectivity index (χ0) is 10.1. The zero-order valence-corrected chi connectivity index (χ0v) is 9.28. The van der Waals surface area contributed by atoms with Crippen molar-refractivity contribution in [3.05, 3.63) is 41.8 Å². The zero-order valence-electron chi connectivity index (χ0n) is 9.28. The lowest BCUT2D eigenvalue weighted by molar-refractivity contribution is 0.299. The standard InChI is InChI=1S/C15H19/c1-2-7-13(8-3-1)15(14-9-10-14)11-12-5-4-6-12/h1-3,7-8,12,14H,4-6,9-11H2. The van der Waals surface area contributed by atoms with E-state index in [0.717, 1.165) is 11.8 Å². The Labute approximate surface area is 92.7 Å². The third-order valence-corrected chi connectivity index (χ3v) is 3.95. The molecule has 1 aromatic rings. The van der Waals surface area contributed by atoms with Crippen molar-refractivity contribution in [3.63, 3.8) is 0 Å². The predicted molar refractivity (Wildman–Crippen MR) is 63.5 cm³/mol. The first kappa shape index (κ1) is 9.45. The Kier molecular flexibility index (Phi) is 2.52. The molecule has 1 aromatic carbocycles. The largest absolute Gasteiger partial charge is 0.0622 e. The van der Waals surface area contributed by atoms with Gasteiger partial charge in [-0.1, -0.05) is 49.6 Å². The van der Waals surface area contributed by atoms with Gasteiger partial charge in [-0.3, -0.25) is 0 Å². The highest BCUT2D eigenvalue weighted by molar-refractivity contribution is 5.34. The topological polar surface area (TPSA) is 0 Å². The van der Waals surface area contributed by atoms with Crippen LogP contribution in [0.15, 0.2) is 30.3 Å². The number of rotatable bonds is 4. The highest BCUT2D eigenvalue weighted by atomic mass is 14.4. The SMILES string of the molecule is c1ccc([C](CC2CCC2)C2CC2)cc1. The smallest absolute Gasteiger partial charge is 0.00834 e. The molecular weight excluding hydrogens is 180 g/mol. The van der Waals surface area contributed by atoms with Gasteiger partial charge in [0.25, 0.3) is 0 Å². The second-order valence-corrected chi connectivity index (χ2v) is 5.17. The average molecular weight is 199 g/mol. The Morgan fingerprint density at radius 3 is 2.27 bits per heavy atom. The van der Waals surface area contributed by atoms with E-state index in [2.05, 4.69) is 30.3 Å². The average Bonchev–Trinajstić information content (AvgIpc) is 3.01. The van der Waals surface area contributed by atoms with Gasteiger partial charge in [0.05, 0.1) is 0 Å². The summed E-state index contributed by atoms with van der Waals surface area (Å²) in [6.07, 6.45) is 8.69. The van der Waals surface area contributed by atoms with Crippen LogP contribution in [0.4, 0.5) is 0 Å². The van der Waals surface area contributed by atoms with Gasteiger partial charge in [-0.2, -0.15) is 0 Å². The van der Waals surface area contributed by atoms with Crippen LogP contribution in [0.5, 0.6) is 0 Å². The first-order chi connectivity index (χ1) is 7.43. The predicted octanol–water partition coefficient (Wildman–Crippen LogP) is 4.21. The van der Waals surface area contributed by atoms with Crippen LogP contribution in [0.2, 0.25) is 0 Å². The van der Waals surface area contributed by atoms with Crippen molar-refractivity contribution in [2.75, 3.05) is 0 Å². The number of hydrogen-bond donors (Lipinski definition) is 0. The van der Waals surface area contributed by atoms with Gasteiger partial charge in [0.2, 0.25) is 0 Å². The number of benzene rings is 1. The van der Waals surface area contributed by atoms with Crippen molar-refractivity contribution in [1.29, 1.82) is 0 Å². The third-order valence-electron chi connectivity index (χ3n) is 3.95. The fourth-order valence-electron chi connectivity index (χ4n) is 2.61. The third kappa shape index (κ3) is 2.09. The van der Waals surface area contributed by atoms with E-state index in [9.17, 15) is 0 Å². The summed E-state index contributed by atoms with van der Waals surface area (Å²) in [6, 6.07) is 11.1. The van der Waals surface area contributed by atoms with Crippen molar-refractivity contribution in [1.82, 2.24) is 0 Å². The summed E-state index contributed by atoms with van der Waals surface area (Å²) in [6.45, 7) is 0. The Morgan fingerprint density at radius 1 is 1.00 bits per heavy atom. The van der Waals surface area contributed by atoms with E-state index in [-0.39, 0.29) is 0 Å². The van der Waals surface area contributed by atoms with Crippen molar-refractivity contribution < 1.29 is 0 Å². The maximum absolute atomic E-state index is 2.30. The second-order valence-electron chi connectivity index (χ2n) is 5.17. The molecular formula is C15H19. The van der Waals surface area contributed by atoms with Gasteiger partial charge >= 0.3 is 0 Å². The summed E-state index contributed by atoms with van der Waals surface area (Å²) in [4.78, 5) is 0. The van der Waals surface area contributed by atoms with E-state index < -0.39 is 0 Å². The minimum Gasteiger partial charge on any atom is -0.0622 e. The van der Waals surface area contributed by atoms with Gasteiger partial charge in [0.1, 0.15) is 0 Å². The molecule has 0 aliphatic heterocycles. The summed E-state index contributed by atoms with van der Waals surface area (Å²) in [5.74, 6) is 3.72. The van der Waals surface area contributed by atoms with Crippen LogP contribution in [0.1, 0.15) is 44.1 Å². The molecule has 1 radical (unpaired) electrons. The molecule has 2 fully saturated rings. The highest BCUT2D eigenvalue weighted by Crippen LogP contribution is 2.47. The maximum Gasteiger partial charge on any atom is 0.00834 e. The van der Waals surface area contributed by atoms with Crippen molar-refractivity contribution in [2.24, 2.45) is 11.8 Å². The van der Waals surface area contributed by atoms with E-state index in [1.54, 1.807) is 5.92 Å². The summed E-state index contributed by atoms with van der Waals surface area (Å²) in [5, 5.41) is 0. The molecule has 0 atom stereocenters. The quantitative estimate of drug-likeness (QED) is 0.681. The minimum absolute atomic E-state index is 0.938. The van der Waals surface area contributed by atoms with Crippen LogP contribution < -0.4 is 0 Å². The summed E-state index contributed by atoms with van der Waals surface area (Å²) >= 11 is 0. The van der Waals surface area contributed by atoms with Crippen molar-refractivity contribution in [2.45, 2.75) is 38.5 Å². The van der Waals surface area contributed by atoms with Gasteiger partial charge in [0, 0.05) is 5.92 Å². The lowest BCUT2D eigenvalue weighted by atomic mass is 9.76. The Balaban J connectivity index is 1.72. The molecule has 0 bridgehead atoms. The fourth-order valence-corrected chi connectivity index (χ4v) is 2.61. The summed E-state index contributed by atoms with van der Waals surface area (Å²) in [5.41, 5.74) is 1.52. The van der Waals surface area contributed by atoms with Crippen LogP contribution in [0, 0.1) is 17.8 Å². The first-order valence-electron chi connectivity index (χ1n) is 6.34. The van der Waals surface area contributed by atoms with E-state index in [1.165, 1.54) is 44.1 Å². The Hall–Kier alpha value is -0.780. The Morgan fingerprint density at radius 2 is 1.73 bits per heavy atom. The molecule has 0 heterocycles. The lowest BCUT2D eigenvalue weighted by Crippen LogP contribution is -2.16. The summed E-state index contributed by atoms with van der Waals surface area (Å²) < 4.78 is 0. The maximum atomic E-state index is 2.30. The van der Waals surface area contributed by atoms with Crippen molar-refractivity contribution >= 4 is 0 Å². The van der Waals surface area contributed by atoms with Gasteiger partial charge in [0.15, 0.2) is 0 Å². The minimum atomic E-state index is 0.938. The van der Waals surface area contributed by atoms with E-state index in [4.69, 9.17) is 0 Å². The monoisotopic (exact) mass is 199 g/mol. The van der Waals surface area contributed by atoms with Gasteiger partial charge < -0.3 is 0 Å². The molecule has 0 unspecified atom stereocenters. The molecule has 2 aliphatic rings. The molecule has 0 aromatic heterocycles. The van der Waals surface area contributed by atoms with Crippen LogP contribution in [0.25, 0.3) is 0 Å². The van der Waals surface area contributed by atoms with Crippen LogP contribution >= 0.6 is 0 Å².